The Morgan fingerprint density at radius 3 is 2.45 bits per heavy atom. The molecule has 0 bridgehead atoms. The second-order valence-corrected chi connectivity index (χ2v) is 6.07. The normalized spacial score (nSPS) is 11.2. The molecule has 0 saturated carbocycles. The second kappa shape index (κ2) is 5.79. The Balaban J connectivity index is 2.50. The van der Waals surface area contributed by atoms with Crippen LogP contribution in [-0.4, -0.2) is 17.9 Å². The van der Waals surface area contributed by atoms with E-state index < -0.39 is 25.6 Å². The Hall–Kier alpha value is -2.36. The van der Waals surface area contributed by atoms with Crippen molar-refractivity contribution in [2.45, 2.75) is 4.90 Å². The Morgan fingerprint density at radius 2 is 1.91 bits per heavy atom. The minimum absolute atomic E-state index is 0.0326. The number of non-ortho nitro benzene ring substituents is 1. The number of anilines is 3. The summed E-state index contributed by atoms with van der Waals surface area (Å²) in [6.07, 6.45) is 0. The van der Waals surface area contributed by atoms with E-state index in [4.69, 9.17) is 17.3 Å². The molecule has 8 nitrogen and oxygen atoms in total. The molecule has 4 N–H and O–H groups in total. The molecular weight excluding hydrogens is 334 g/mol. The van der Waals surface area contributed by atoms with Crippen molar-refractivity contribution in [2.24, 2.45) is 0 Å². The highest BCUT2D eigenvalue weighted by Crippen LogP contribution is 2.30. The summed E-state index contributed by atoms with van der Waals surface area (Å²) in [5.74, 6) is 0. The smallest absolute Gasteiger partial charge is 0.296 e. The molecule has 0 aromatic heterocycles. The van der Waals surface area contributed by atoms with E-state index in [0.29, 0.717) is 10.7 Å². The summed E-state index contributed by atoms with van der Waals surface area (Å²) in [6, 6.07) is 7.53. The zero-order valence-corrected chi connectivity index (χ0v) is 12.4. The number of benzene rings is 2. The SMILES string of the molecule is Nc1cc(Nc2ccc([N+](=O)[O-])cc2S(=O)(=O)O)ccc1Cl. The maximum Gasteiger partial charge on any atom is 0.296 e. The summed E-state index contributed by atoms with van der Waals surface area (Å²) >= 11 is 5.78. The molecule has 0 aliphatic carbocycles. The van der Waals surface area contributed by atoms with Crippen LogP contribution in [0.15, 0.2) is 41.3 Å². The zero-order chi connectivity index (χ0) is 16.5. The summed E-state index contributed by atoms with van der Waals surface area (Å²) in [4.78, 5) is 9.33. The quantitative estimate of drug-likeness (QED) is 0.336. The molecule has 2 aromatic rings. The molecule has 2 rings (SSSR count). The maximum absolute atomic E-state index is 11.4. The first-order valence-electron chi connectivity index (χ1n) is 5.76. The molecule has 0 heterocycles. The van der Waals surface area contributed by atoms with Gasteiger partial charge in [-0.05, 0) is 24.3 Å². The maximum atomic E-state index is 11.4. The molecule has 0 amide bonds. The molecule has 0 fully saturated rings. The largest absolute Gasteiger partial charge is 0.397 e. The second-order valence-electron chi connectivity index (χ2n) is 4.27. The van der Waals surface area contributed by atoms with Crippen LogP contribution in [0.5, 0.6) is 0 Å². The number of rotatable bonds is 4. The average molecular weight is 344 g/mol. The number of nitro benzene ring substituents is 1. The van der Waals surface area contributed by atoms with E-state index in [2.05, 4.69) is 5.32 Å². The first kappa shape index (κ1) is 16.0. The molecule has 0 radical (unpaired) electrons. The van der Waals surface area contributed by atoms with Crippen LogP contribution >= 0.6 is 11.6 Å². The van der Waals surface area contributed by atoms with E-state index in [1.807, 2.05) is 0 Å². The molecule has 0 unspecified atom stereocenters. The van der Waals surface area contributed by atoms with Gasteiger partial charge in [0.2, 0.25) is 0 Å². The van der Waals surface area contributed by atoms with Crippen LogP contribution in [0.25, 0.3) is 0 Å². The zero-order valence-electron chi connectivity index (χ0n) is 10.9. The Bertz CT molecular complexity index is 854. The lowest BCUT2D eigenvalue weighted by atomic mass is 10.2. The lowest BCUT2D eigenvalue weighted by Gasteiger charge is -2.11. The number of nitrogens with zero attached hydrogens (tertiary/aromatic N) is 1. The van der Waals surface area contributed by atoms with Gasteiger partial charge in [0, 0.05) is 17.8 Å². The molecule has 0 atom stereocenters. The van der Waals surface area contributed by atoms with Gasteiger partial charge in [-0.25, -0.2) is 0 Å². The fourth-order valence-electron chi connectivity index (χ4n) is 1.72. The van der Waals surface area contributed by atoms with Gasteiger partial charge in [-0.2, -0.15) is 8.42 Å². The average Bonchev–Trinajstić information content (AvgIpc) is 2.42. The minimum Gasteiger partial charge on any atom is -0.397 e. The van der Waals surface area contributed by atoms with Crippen LogP contribution < -0.4 is 11.1 Å². The van der Waals surface area contributed by atoms with E-state index in [1.54, 1.807) is 0 Å². The number of nitrogen functional groups attached to an aromatic ring is 1. The van der Waals surface area contributed by atoms with Crippen LogP contribution in [0.2, 0.25) is 5.02 Å². The van der Waals surface area contributed by atoms with E-state index in [0.717, 1.165) is 12.1 Å². The molecule has 0 saturated heterocycles. The van der Waals surface area contributed by atoms with Crippen molar-refractivity contribution in [1.29, 1.82) is 0 Å². The molecule has 0 aliphatic rings. The topological polar surface area (TPSA) is 136 Å². The molecule has 0 aliphatic heterocycles. The summed E-state index contributed by atoms with van der Waals surface area (Å²) in [5, 5.41) is 13.7. The highest BCUT2D eigenvalue weighted by Gasteiger charge is 2.20. The lowest BCUT2D eigenvalue weighted by Crippen LogP contribution is -2.04. The summed E-state index contributed by atoms with van der Waals surface area (Å²) in [6.45, 7) is 0. The number of hydrogen-bond acceptors (Lipinski definition) is 6. The van der Waals surface area contributed by atoms with E-state index in [1.165, 1.54) is 24.3 Å². The Morgan fingerprint density at radius 1 is 1.23 bits per heavy atom. The Kier molecular flexibility index (Phi) is 4.22. The van der Waals surface area contributed by atoms with Crippen molar-refractivity contribution in [3.63, 3.8) is 0 Å². The molecule has 2 aromatic carbocycles. The fraction of sp³-hybridized carbons (Fsp3) is 0. The molecule has 10 heteroatoms. The van der Waals surface area contributed by atoms with Gasteiger partial charge in [-0.3, -0.25) is 14.7 Å². The van der Waals surface area contributed by atoms with Crippen LogP contribution in [0.1, 0.15) is 0 Å². The third-order valence-corrected chi connectivity index (χ3v) is 3.97. The third-order valence-electron chi connectivity index (χ3n) is 2.73. The summed E-state index contributed by atoms with van der Waals surface area (Å²) in [7, 11) is -4.65. The van der Waals surface area contributed by atoms with Crippen LogP contribution in [0.3, 0.4) is 0 Å². The Labute approximate surface area is 130 Å². The third kappa shape index (κ3) is 3.45. The standard InChI is InChI=1S/C12H10ClN3O5S/c13-9-3-1-7(5-10(9)14)15-11-4-2-8(16(17)18)6-12(11)22(19,20)21/h1-6,15H,14H2,(H,19,20,21). The van der Waals surface area contributed by atoms with Gasteiger partial charge >= 0.3 is 0 Å². The van der Waals surface area contributed by atoms with Crippen LogP contribution in [0.4, 0.5) is 22.7 Å². The number of nitro groups is 1. The van der Waals surface area contributed by atoms with E-state index in [9.17, 15) is 23.1 Å². The lowest BCUT2D eigenvalue weighted by molar-refractivity contribution is -0.385. The molecule has 22 heavy (non-hydrogen) atoms. The van der Waals surface area contributed by atoms with Gasteiger partial charge in [0.1, 0.15) is 4.90 Å². The number of nitrogens with one attached hydrogen (secondary N) is 1. The summed E-state index contributed by atoms with van der Waals surface area (Å²) < 4.78 is 32.0. The fourth-order valence-corrected chi connectivity index (χ4v) is 2.50. The van der Waals surface area contributed by atoms with Gasteiger partial charge in [0.05, 0.1) is 21.3 Å². The first-order chi connectivity index (χ1) is 10.2. The van der Waals surface area contributed by atoms with Gasteiger partial charge in [0.15, 0.2) is 0 Å². The molecule has 116 valence electrons. The van der Waals surface area contributed by atoms with Gasteiger partial charge in [-0.1, -0.05) is 11.6 Å². The van der Waals surface area contributed by atoms with E-state index >= 15 is 0 Å². The summed E-state index contributed by atoms with van der Waals surface area (Å²) in [5.41, 5.74) is 5.81. The number of hydrogen-bond donors (Lipinski definition) is 3. The minimum atomic E-state index is -4.65. The monoisotopic (exact) mass is 343 g/mol. The number of halogens is 1. The van der Waals surface area contributed by atoms with E-state index in [-0.39, 0.29) is 11.4 Å². The van der Waals surface area contributed by atoms with Crippen LogP contribution in [-0.2, 0) is 10.1 Å². The number of nitrogens with two attached hydrogens (primary N) is 1. The van der Waals surface area contributed by atoms with Crippen molar-refractivity contribution in [1.82, 2.24) is 0 Å². The molecular formula is C12H10ClN3O5S. The first-order valence-corrected chi connectivity index (χ1v) is 7.58. The van der Waals surface area contributed by atoms with Crippen molar-refractivity contribution in [2.75, 3.05) is 11.1 Å². The van der Waals surface area contributed by atoms with Gasteiger partial charge < -0.3 is 11.1 Å². The van der Waals surface area contributed by atoms with Crippen molar-refractivity contribution in [3.05, 3.63) is 51.5 Å². The van der Waals surface area contributed by atoms with Gasteiger partial charge in [-0.15, -0.1) is 0 Å². The van der Waals surface area contributed by atoms with Crippen molar-refractivity contribution < 1.29 is 17.9 Å². The highest BCUT2D eigenvalue weighted by molar-refractivity contribution is 7.86. The van der Waals surface area contributed by atoms with Crippen LogP contribution in [0, 0.1) is 10.1 Å². The highest BCUT2D eigenvalue weighted by atomic mass is 35.5. The van der Waals surface area contributed by atoms with Crippen molar-refractivity contribution in [3.8, 4) is 0 Å². The predicted octanol–water partition coefficient (Wildman–Crippen LogP) is 2.82. The molecule has 0 spiro atoms. The predicted molar refractivity (Wildman–Crippen MR) is 82.1 cm³/mol. The van der Waals surface area contributed by atoms with Crippen molar-refractivity contribution >= 4 is 44.5 Å². The van der Waals surface area contributed by atoms with Gasteiger partial charge in [0.25, 0.3) is 15.8 Å².